The van der Waals surface area contributed by atoms with Gasteiger partial charge in [-0.25, -0.2) is 0 Å². The number of rotatable bonds is 5. The van der Waals surface area contributed by atoms with Crippen LogP contribution in [0.4, 0.5) is 0 Å². The molecular weight excluding hydrogens is 212 g/mol. The maximum atomic E-state index is 10.5. The summed E-state index contributed by atoms with van der Waals surface area (Å²) < 4.78 is 10.0. The number of hydrogen-bond donors (Lipinski definition) is 2. The molecule has 88 valence electrons. The average molecular weight is 226 g/mol. The van der Waals surface area contributed by atoms with Gasteiger partial charge in [-0.1, -0.05) is 0 Å². The molecule has 5 nitrogen and oxygen atoms in total. The van der Waals surface area contributed by atoms with Crippen LogP contribution in [-0.2, 0) is 11.2 Å². The van der Waals surface area contributed by atoms with Crippen molar-refractivity contribution in [1.82, 2.24) is 0 Å². The smallest absolute Gasteiger partial charge is 0.303 e. The van der Waals surface area contributed by atoms with Crippen molar-refractivity contribution in [2.45, 2.75) is 12.8 Å². The van der Waals surface area contributed by atoms with Gasteiger partial charge in [0, 0.05) is 12.5 Å². The predicted molar refractivity (Wildman–Crippen MR) is 57.2 cm³/mol. The number of ether oxygens (including phenoxy) is 2. The van der Waals surface area contributed by atoms with E-state index in [1.165, 1.54) is 26.4 Å². The summed E-state index contributed by atoms with van der Waals surface area (Å²) in [4.78, 5) is 10.5. The molecule has 0 fully saturated rings. The molecule has 0 bridgehead atoms. The number of aryl methyl sites for hydroxylation is 1. The zero-order valence-electron chi connectivity index (χ0n) is 9.19. The number of carboxylic acid groups (broad SMARTS) is 1. The van der Waals surface area contributed by atoms with E-state index in [1.54, 1.807) is 0 Å². The molecule has 0 aliphatic rings. The monoisotopic (exact) mass is 226 g/mol. The Labute approximate surface area is 93.2 Å². The Bertz CT molecular complexity index is 386. The number of carboxylic acids is 1. The van der Waals surface area contributed by atoms with Gasteiger partial charge in [0.15, 0.2) is 11.5 Å². The zero-order chi connectivity index (χ0) is 12.1. The fraction of sp³-hybridized carbons (Fsp3) is 0.364. The van der Waals surface area contributed by atoms with E-state index in [4.69, 9.17) is 14.6 Å². The lowest BCUT2D eigenvalue weighted by Crippen LogP contribution is -2.00. The first-order valence-corrected chi connectivity index (χ1v) is 4.74. The normalized spacial score (nSPS) is 9.88. The van der Waals surface area contributed by atoms with Gasteiger partial charge in [-0.15, -0.1) is 0 Å². The number of benzene rings is 1. The molecule has 0 spiro atoms. The van der Waals surface area contributed by atoms with Crippen molar-refractivity contribution in [2.24, 2.45) is 0 Å². The molecule has 16 heavy (non-hydrogen) atoms. The van der Waals surface area contributed by atoms with Crippen molar-refractivity contribution in [2.75, 3.05) is 14.2 Å². The van der Waals surface area contributed by atoms with Gasteiger partial charge in [0.25, 0.3) is 0 Å². The minimum absolute atomic E-state index is 0.0118. The van der Waals surface area contributed by atoms with Gasteiger partial charge in [0.2, 0.25) is 0 Å². The minimum Gasteiger partial charge on any atom is -0.504 e. The van der Waals surface area contributed by atoms with Crippen LogP contribution in [0.25, 0.3) is 0 Å². The lowest BCUT2D eigenvalue weighted by Gasteiger charge is -2.11. The van der Waals surface area contributed by atoms with E-state index < -0.39 is 5.97 Å². The molecule has 1 aromatic carbocycles. The average Bonchev–Trinajstić information content (AvgIpc) is 2.26. The molecule has 0 aliphatic heterocycles. The predicted octanol–water partition coefficient (Wildman–Crippen LogP) is 1.43. The molecule has 0 atom stereocenters. The summed E-state index contributed by atoms with van der Waals surface area (Å²) in [7, 11) is 2.92. The van der Waals surface area contributed by atoms with Crippen molar-refractivity contribution >= 4 is 5.97 Å². The Morgan fingerprint density at radius 3 is 2.38 bits per heavy atom. The van der Waals surface area contributed by atoms with Crippen LogP contribution in [0, 0.1) is 0 Å². The van der Waals surface area contributed by atoms with Crippen LogP contribution in [0.1, 0.15) is 12.0 Å². The van der Waals surface area contributed by atoms with Crippen LogP contribution in [0.2, 0.25) is 0 Å². The third-order valence-corrected chi connectivity index (χ3v) is 2.19. The van der Waals surface area contributed by atoms with Gasteiger partial charge >= 0.3 is 5.97 Å². The third-order valence-electron chi connectivity index (χ3n) is 2.19. The van der Waals surface area contributed by atoms with Gasteiger partial charge in [0.05, 0.1) is 14.2 Å². The molecule has 0 saturated heterocycles. The van der Waals surface area contributed by atoms with E-state index in [1.807, 2.05) is 0 Å². The summed E-state index contributed by atoms with van der Waals surface area (Å²) >= 11 is 0. The molecule has 0 heterocycles. The molecule has 1 rings (SSSR count). The van der Waals surface area contributed by atoms with Gasteiger partial charge in [-0.05, 0) is 18.1 Å². The lowest BCUT2D eigenvalue weighted by molar-refractivity contribution is -0.136. The van der Waals surface area contributed by atoms with E-state index in [9.17, 15) is 9.90 Å². The first-order chi connectivity index (χ1) is 7.58. The molecule has 0 saturated carbocycles. The summed E-state index contributed by atoms with van der Waals surface area (Å²) in [6, 6.07) is 2.99. The number of phenolic OH excluding ortho intramolecular Hbond substituents is 1. The molecule has 0 unspecified atom stereocenters. The number of methoxy groups -OCH3 is 2. The maximum absolute atomic E-state index is 10.5. The summed E-state index contributed by atoms with van der Waals surface area (Å²) in [5.41, 5.74) is 0.642. The molecule has 2 N–H and O–H groups in total. The van der Waals surface area contributed by atoms with Crippen molar-refractivity contribution in [1.29, 1.82) is 0 Å². The molecule has 0 amide bonds. The summed E-state index contributed by atoms with van der Waals surface area (Å²) in [6.07, 6.45) is 0.290. The Balaban J connectivity index is 2.98. The van der Waals surface area contributed by atoms with Crippen LogP contribution in [0.5, 0.6) is 17.2 Å². The molecular formula is C11H14O5. The third kappa shape index (κ3) is 2.79. The maximum Gasteiger partial charge on any atom is 0.303 e. The number of hydrogen-bond acceptors (Lipinski definition) is 4. The molecule has 1 aromatic rings. The highest BCUT2D eigenvalue weighted by Crippen LogP contribution is 2.34. The molecule has 0 aliphatic carbocycles. The highest BCUT2D eigenvalue weighted by molar-refractivity contribution is 5.67. The second-order valence-corrected chi connectivity index (χ2v) is 3.23. The Morgan fingerprint density at radius 1 is 1.25 bits per heavy atom. The van der Waals surface area contributed by atoms with Crippen LogP contribution in [0.3, 0.4) is 0 Å². The van der Waals surface area contributed by atoms with Crippen molar-refractivity contribution in [3.8, 4) is 17.2 Å². The van der Waals surface area contributed by atoms with Crippen LogP contribution < -0.4 is 9.47 Å². The molecule has 0 aromatic heterocycles. The second kappa shape index (κ2) is 5.25. The summed E-state index contributed by atoms with van der Waals surface area (Å²) in [5, 5.41) is 18.1. The van der Waals surface area contributed by atoms with Gasteiger partial charge < -0.3 is 19.7 Å². The number of phenols is 1. The SMILES string of the molecule is COc1cc(OC)c(CCC(=O)O)cc1O. The van der Waals surface area contributed by atoms with E-state index in [-0.39, 0.29) is 12.2 Å². The largest absolute Gasteiger partial charge is 0.504 e. The zero-order valence-corrected chi connectivity index (χ0v) is 9.19. The van der Waals surface area contributed by atoms with Crippen LogP contribution in [-0.4, -0.2) is 30.4 Å². The Kier molecular flexibility index (Phi) is 3.99. The number of carbonyl (C=O) groups is 1. The highest BCUT2D eigenvalue weighted by atomic mass is 16.5. The van der Waals surface area contributed by atoms with E-state index in [0.717, 1.165) is 0 Å². The topological polar surface area (TPSA) is 76.0 Å². The Hall–Kier alpha value is -1.91. The number of aliphatic carboxylic acids is 1. The van der Waals surface area contributed by atoms with Gasteiger partial charge in [-0.3, -0.25) is 4.79 Å². The fourth-order valence-corrected chi connectivity index (χ4v) is 1.38. The standard InChI is InChI=1S/C11H14O5/c1-15-9-6-10(16-2)8(12)5-7(9)3-4-11(13)14/h5-6,12H,3-4H2,1-2H3,(H,13,14). The first kappa shape index (κ1) is 12.2. The van der Waals surface area contributed by atoms with Crippen molar-refractivity contribution < 1.29 is 24.5 Å². The second-order valence-electron chi connectivity index (χ2n) is 3.23. The van der Waals surface area contributed by atoms with Gasteiger partial charge in [0.1, 0.15) is 5.75 Å². The molecule has 0 radical (unpaired) electrons. The van der Waals surface area contributed by atoms with Crippen LogP contribution in [0.15, 0.2) is 12.1 Å². The number of aromatic hydroxyl groups is 1. The fourth-order valence-electron chi connectivity index (χ4n) is 1.38. The van der Waals surface area contributed by atoms with Crippen molar-refractivity contribution in [3.05, 3.63) is 17.7 Å². The molecule has 5 heteroatoms. The van der Waals surface area contributed by atoms with Crippen LogP contribution >= 0.6 is 0 Å². The Morgan fingerprint density at radius 2 is 1.88 bits per heavy atom. The van der Waals surface area contributed by atoms with E-state index >= 15 is 0 Å². The van der Waals surface area contributed by atoms with E-state index in [0.29, 0.717) is 23.5 Å². The lowest BCUT2D eigenvalue weighted by atomic mass is 10.1. The first-order valence-electron chi connectivity index (χ1n) is 4.74. The van der Waals surface area contributed by atoms with Gasteiger partial charge in [-0.2, -0.15) is 0 Å². The van der Waals surface area contributed by atoms with Crippen molar-refractivity contribution in [3.63, 3.8) is 0 Å². The summed E-state index contributed by atoms with van der Waals surface area (Å²) in [5.74, 6) is -0.104. The van der Waals surface area contributed by atoms with E-state index in [2.05, 4.69) is 0 Å². The minimum atomic E-state index is -0.891. The highest BCUT2D eigenvalue weighted by Gasteiger charge is 2.11. The quantitative estimate of drug-likeness (QED) is 0.794. The summed E-state index contributed by atoms with van der Waals surface area (Å²) in [6.45, 7) is 0.